The van der Waals surface area contributed by atoms with Gasteiger partial charge in [0.2, 0.25) is 5.91 Å². The molecule has 0 spiro atoms. The molecule has 0 aromatic heterocycles. The van der Waals surface area contributed by atoms with Gasteiger partial charge in [0, 0.05) is 4.47 Å². The summed E-state index contributed by atoms with van der Waals surface area (Å²) in [6.45, 7) is 0. The summed E-state index contributed by atoms with van der Waals surface area (Å²) in [5, 5.41) is 2.15. The second kappa shape index (κ2) is 5.12. The lowest BCUT2D eigenvalue weighted by molar-refractivity contribution is -0.117. The second-order valence-corrected chi connectivity index (χ2v) is 3.61. The highest BCUT2D eigenvalue weighted by atomic mass is 79.9. The van der Waals surface area contributed by atoms with Gasteiger partial charge >= 0.3 is 0 Å². The molecule has 0 heterocycles. The van der Waals surface area contributed by atoms with Gasteiger partial charge in [-0.05, 0) is 28.1 Å². The lowest BCUT2D eigenvalue weighted by Gasteiger charge is -2.03. The SMILES string of the molecule is O=C(CCl)NC(=O)c1ccccc1Br. The van der Waals surface area contributed by atoms with E-state index < -0.39 is 11.8 Å². The van der Waals surface area contributed by atoms with Crippen LogP contribution in [0, 0.1) is 0 Å². The smallest absolute Gasteiger partial charge is 0.259 e. The number of rotatable bonds is 2. The molecular weight excluding hydrogens is 269 g/mol. The second-order valence-electron chi connectivity index (χ2n) is 2.49. The number of hydrogen-bond acceptors (Lipinski definition) is 2. The summed E-state index contributed by atoms with van der Waals surface area (Å²) in [6, 6.07) is 6.83. The summed E-state index contributed by atoms with van der Waals surface area (Å²) in [5.74, 6) is -1.19. The minimum atomic E-state index is -0.507. The number of alkyl halides is 1. The summed E-state index contributed by atoms with van der Waals surface area (Å²) in [5.41, 5.74) is 0.408. The van der Waals surface area contributed by atoms with E-state index in [1.807, 2.05) is 0 Å². The maximum atomic E-state index is 11.4. The first kappa shape index (κ1) is 11.2. The van der Waals surface area contributed by atoms with Gasteiger partial charge in [0.1, 0.15) is 5.88 Å². The van der Waals surface area contributed by atoms with Crippen molar-refractivity contribution < 1.29 is 9.59 Å². The lowest BCUT2D eigenvalue weighted by atomic mass is 10.2. The fourth-order valence-corrected chi connectivity index (χ4v) is 1.40. The van der Waals surface area contributed by atoms with Gasteiger partial charge < -0.3 is 0 Å². The number of carbonyl (C=O) groups excluding carboxylic acids is 2. The van der Waals surface area contributed by atoms with Gasteiger partial charge in [0.05, 0.1) is 5.56 Å². The standard InChI is InChI=1S/C9H7BrClNO2/c10-7-4-2-1-3-6(7)9(14)12-8(13)5-11/h1-4H,5H2,(H,12,13,14). The molecule has 1 rings (SSSR count). The van der Waals surface area contributed by atoms with Crippen LogP contribution in [0.2, 0.25) is 0 Å². The number of benzene rings is 1. The van der Waals surface area contributed by atoms with Crippen LogP contribution >= 0.6 is 27.5 Å². The van der Waals surface area contributed by atoms with E-state index in [9.17, 15) is 9.59 Å². The molecule has 14 heavy (non-hydrogen) atoms. The van der Waals surface area contributed by atoms with Crippen molar-refractivity contribution in [2.45, 2.75) is 0 Å². The Hall–Kier alpha value is -0.870. The third kappa shape index (κ3) is 2.82. The largest absolute Gasteiger partial charge is 0.291 e. The van der Waals surface area contributed by atoms with Crippen LogP contribution in [-0.2, 0) is 4.79 Å². The summed E-state index contributed by atoms with van der Waals surface area (Å²) in [4.78, 5) is 22.2. The van der Waals surface area contributed by atoms with Gasteiger partial charge in [-0.3, -0.25) is 14.9 Å². The molecule has 0 saturated heterocycles. The molecule has 0 atom stereocenters. The molecule has 0 saturated carbocycles. The van der Waals surface area contributed by atoms with Crippen molar-refractivity contribution in [3.63, 3.8) is 0 Å². The summed E-state index contributed by atoms with van der Waals surface area (Å²) >= 11 is 8.45. The average Bonchev–Trinajstić information content (AvgIpc) is 2.18. The molecule has 0 aliphatic rings. The van der Waals surface area contributed by atoms with Crippen molar-refractivity contribution in [1.82, 2.24) is 5.32 Å². The number of amides is 2. The zero-order chi connectivity index (χ0) is 10.6. The zero-order valence-corrected chi connectivity index (χ0v) is 9.43. The third-order valence-electron chi connectivity index (χ3n) is 1.49. The van der Waals surface area contributed by atoms with Crippen molar-refractivity contribution in [3.05, 3.63) is 34.3 Å². The number of nitrogens with one attached hydrogen (secondary N) is 1. The zero-order valence-electron chi connectivity index (χ0n) is 7.09. The van der Waals surface area contributed by atoms with E-state index in [1.54, 1.807) is 24.3 Å². The minimum Gasteiger partial charge on any atom is -0.291 e. The lowest BCUT2D eigenvalue weighted by Crippen LogP contribution is -2.31. The number of carbonyl (C=O) groups is 2. The van der Waals surface area contributed by atoms with E-state index in [-0.39, 0.29) is 5.88 Å². The predicted octanol–water partition coefficient (Wildman–Crippen LogP) is 1.94. The van der Waals surface area contributed by atoms with Crippen molar-refractivity contribution in [1.29, 1.82) is 0 Å². The minimum absolute atomic E-state index is 0.226. The molecule has 0 unspecified atom stereocenters. The van der Waals surface area contributed by atoms with Gasteiger partial charge in [-0.25, -0.2) is 0 Å². The molecule has 0 aliphatic heterocycles. The van der Waals surface area contributed by atoms with E-state index in [4.69, 9.17) is 11.6 Å². The highest BCUT2D eigenvalue weighted by Gasteiger charge is 2.11. The Balaban J connectivity index is 2.80. The molecule has 1 N–H and O–H groups in total. The van der Waals surface area contributed by atoms with E-state index in [1.165, 1.54) is 0 Å². The summed E-state index contributed by atoms with van der Waals surface area (Å²) in [7, 11) is 0. The van der Waals surface area contributed by atoms with Crippen LogP contribution in [0.5, 0.6) is 0 Å². The Morgan fingerprint density at radius 2 is 2.00 bits per heavy atom. The first-order chi connectivity index (χ1) is 6.65. The first-order valence-electron chi connectivity index (χ1n) is 3.80. The number of halogens is 2. The number of hydrogen-bond donors (Lipinski definition) is 1. The molecular formula is C9H7BrClNO2. The third-order valence-corrected chi connectivity index (χ3v) is 2.43. The first-order valence-corrected chi connectivity index (χ1v) is 5.12. The topological polar surface area (TPSA) is 46.2 Å². The molecule has 1 aromatic rings. The van der Waals surface area contributed by atoms with E-state index in [2.05, 4.69) is 21.2 Å². The van der Waals surface area contributed by atoms with Crippen LogP contribution in [0.15, 0.2) is 28.7 Å². The van der Waals surface area contributed by atoms with Crippen LogP contribution in [0.25, 0.3) is 0 Å². The maximum Gasteiger partial charge on any atom is 0.259 e. The van der Waals surface area contributed by atoms with Gasteiger partial charge in [-0.2, -0.15) is 0 Å². The van der Waals surface area contributed by atoms with Crippen LogP contribution in [0.3, 0.4) is 0 Å². The molecule has 0 bridgehead atoms. The van der Waals surface area contributed by atoms with Crippen LogP contribution in [0.1, 0.15) is 10.4 Å². The Morgan fingerprint density at radius 3 is 2.57 bits per heavy atom. The van der Waals surface area contributed by atoms with Crippen LogP contribution in [0.4, 0.5) is 0 Å². The van der Waals surface area contributed by atoms with E-state index in [0.29, 0.717) is 10.0 Å². The Bertz CT molecular complexity index is 368. The molecule has 1 aromatic carbocycles. The quantitative estimate of drug-likeness (QED) is 0.839. The van der Waals surface area contributed by atoms with Crippen molar-refractivity contribution in [2.24, 2.45) is 0 Å². The molecule has 5 heteroatoms. The van der Waals surface area contributed by atoms with Gasteiger partial charge in [-0.1, -0.05) is 12.1 Å². The Labute approximate surface area is 94.6 Å². The van der Waals surface area contributed by atoms with Gasteiger partial charge in [-0.15, -0.1) is 11.6 Å². The molecule has 3 nitrogen and oxygen atoms in total. The summed E-state index contributed by atoms with van der Waals surface area (Å²) < 4.78 is 0.639. The predicted molar refractivity (Wildman–Crippen MR) is 57.3 cm³/mol. The number of imide groups is 1. The molecule has 0 fully saturated rings. The normalized spacial score (nSPS) is 9.57. The van der Waals surface area contributed by atoms with Crippen molar-refractivity contribution in [3.8, 4) is 0 Å². The van der Waals surface area contributed by atoms with Gasteiger partial charge in [0.25, 0.3) is 5.91 Å². The van der Waals surface area contributed by atoms with E-state index >= 15 is 0 Å². The molecule has 74 valence electrons. The Kier molecular flexibility index (Phi) is 4.10. The van der Waals surface area contributed by atoms with Crippen molar-refractivity contribution in [2.75, 3.05) is 5.88 Å². The van der Waals surface area contributed by atoms with Crippen molar-refractivity contribution >= 4 is 39.3 Å². The molecule has 0 aliphatic carbocycles. The molecule has 0 radical (unpaired) electrons. The summed E-state index contributed by atoms with van der Waals surface area (Å²) in [6.07, 6.45) is 0. The van der Waals surface area contributed by atoms with Gasteiger partial charge in [0.15, 0.2) is 0 Å². The highest BCUT2D eigenvalue weighted by molar-refractivity contribution is 9.10. The van der Waals surface area contributed by atoms with Crippen LogP contribution < -0.4 is 5.32 Å². The fraction of sp³-hybridized carbons (Fsp3) is 0.111. The monoisotopic (exact) mass is 275 g/mol. The highest BCUT2D eigenvalue weighted by Crippen LogP contribution is 2.15. The molecule has 2 amide bonds. The van der Waals surface area contributed by atoms with E-state index in [0.717, 1.165) is 0 Å². The fourth-order valence-electron chi connectivity index (χ4n) is 0.873. The Morgan fingerprint density at radius 1 is 1.36 bits per heavy atom. The maximum absolute atomic E-state index is 11.4. The average molecular weight is 277 g/mol. The van der Waals surface area contributed by atoms with Crippen LogP contribution in [-0.4, -0.2) is 17.7 Å².